The van der Waals surface area contributed by atoms with E-state index in [1.807, 2.05) is 11.4 Å². The maximum Gasteiger partial charge on any atom is 0.165 e. The first kappa shape index (κ1) is 18.9. The maximum atomic E-state index is 5.42. The van der Waals surface area contributed by atoms with Gasteiger partial charge in [0.2, 0.25) is 0 Å². The quantitative estimate of drug-likeness (QED) is 0.665. The van der Waals surface area contributed by atoms with Gasteiger partial charge < -0.3 is 10.1 Å². The van der Waals surface area contributed by atoms with Gasteiger partial charge in [0.25, 0.3) is 0 Å². The summed E-state index contributed by atoms with van der Waals surface area (Å²) in [5.41, 5.74) is 6.44. The molecule has 1 aliphatic heterocycles. The monoisotopic (exact) mass is 379 g/mol. The second-order valence-electron chi connectivity index (χ2n) is 7.58. The molecule has 0 bridgehead atoms. The normalized spacial score (nSPS) is 15.2. The molecule has 0 aliphatic carbocycles. The molecule has 6 nitrogen and oxygen atoms in total. The van der Waals surface area contributed by atoms with E-state index in [2.05, 4.69) is 54.4 Å². The average molecular weight is 380 g/mol. The van der Waals surface area contributed by atoms with E-state index in [-0.39, 0.29) is 0 Å². The lowest BCUT2D eigenvalue weighted by atomic mass is 10.0. The van der Waals surface area contributed by atoms with E-state index in [0.717, 1.165) is 79.8 Å². The molecule has 0 spiro atoms. The van der Waals surface area contributed by atoms with Gasteiger partial charge in [-0.1, -0.05) is 29.8 Å². The number of aromatic nitrogens is 3. The van der Waals surface area contributed by atoms with E-state index in [0.29, 0.717) is 0 Å². The summed E-state index contributed by atoms with van der Waals surface area (Å²) in [6.45, 7) is 12.0. The van der Waals surface area contributed by atoms with Crippen molar-refractivity contribution in [1.82, 2.24) is 19.5 Å². The van der Waals surface area contributed by atoms with Crippen LogP contribution in [-0.2, 0) is 4.74 Å². The fourth-order valence-corrected chi connectivity index (χ4v) is 3.77. The first-order chi connectivity index (χ1) is 13.6. The summed E-state index contributed by atoms with van der Waals surface area (Å²) in [6, 6.07) is 10.7. The molecule has 3 heterocycles. The zero-order valence-electron chi connectivity index (χ0n) is 17.0. The zero-order chi connectivity index (χ0) is 19.5. The molecule has 0 atom stereocenters. The van der Waals surface area contributed by atoms with Gasteiger partial charge in [-0.25, -0.2) is 4.98 Å². The van der Waals surface area contributed by atoms with Gasteiger partial charge in [-0.3, -0.25) is 4.90 Å². The van der Waals surface area contributed by atoms with Crippen molar-refractivity contribution in [3.8, 4) is 11.1 Å². The molecule has 1 fully saturated rings. The number of ether oxygens (including phenoxy) is 1. The summed E-state index contributed by atoms with van der Waals surface area (Å²) in [7, 11) is 0. The highest BCUT2D eigenvalue weighted by atomic mass is 16.5. The zero-order valence-corrected chi connectivity index (χ0v) is 17.0. The van der Waals surface area contributed by atoms with Crippen molar-refractivity contribution in [2.75, 3.05) is 44.7 Å². The Labute approximate surface area is 166 Å². The van der Waals surface area contributed by atoms with Crippen LogP contribution in [0.1, 0.15) is 23.4 Å². The summed E-state index contributed by atoms with van der Waals surface area (Å²) in [5.74, 6) is 1.01. The number of anilines is 1. The van der Waals surface area contributed by atoms with E-state index in [1.54, 1.807) is 0 Å². The number of hydrogen-bond donors (Lipinski definition) is 1. The molecule has 0 amide bonds. The van der Waals surface area contributed by atoms with Gasteiger partial charge in [0.05, 0.1) is 18.9 Å². The Morgan fingerprint density at radius 2 is 1.82 bits per heavy atom. The molecule has 1 N–H and O–H groups in total. The fourth-order valence-electron chi connectivity index (χ4n) is 3.77. The SMILES string of the molecule is Cc1ccc(-c2c(C)nn3c(NCCCN4CCOCC4)cc(C)nc23)cc1. The lowest BCUT2D eigenvalue weighted by Gasteiger charge is -2.26. The standard InChI is InChI=1S/C22H29N5O/c1-16-5-7-19(8-6-16)21-18(3)25-27-20(15-17(2)24-22(21)27)23-9-4-10-26-11-13-28-14-12-26/h5-8,15,23H,4,9-14H2,1-3H3. The number of benzene rings is 1. The minimum atomic E-state index is 0.853. The van der Waals surface area contributed by atoms with Gasteiger partial charge >= 0.3 is 0 Å². The lowest BCUT2D eigenvalue weighted by molar-refractivity contribution is 0.0378. The molecule has 0 radical (unpaired) electrons. The van der Waals surface area contributed by atoms with Crippen molar-refractivity contribution in [2.45, 2.75) is 27.2 Å². The van der Waals surface area contributed by atoms with E-state index in [4.69, 9.17) is 14.8 Å². The molecule has 3 aromatic rings. The highest BCUT2D eigenvalue weighted by Crippen LogP contribution is 2.29. The highest BCUT2D eigenvalue weighted by Gasteiger charge is 2.16. The van der Waals surface area contributed by atoms with E-state index in [9.17, 15) is 0 Å². The second-order valence-corrected chi connectivity index (χ2v) is 7.58. The van der Waals surface area contributed by atoms with Crippen LogP contribution in [-0.4, -0.2) is 58.9 Å². The van der Waals surface area contributed by atoms with Crippen molar-refractivity contribution in [2.24, 2.45) is 0 Å². The molecule has 0 saturated carbocycles. The minimum Gasteiger partial charge on any atom is -0.379 e. The summed E-state index contributed by atoms with van der Waals surface area (Å²) >= 11 is 0. The lowest BCUT2D eigenvalue weighted by Crippen LogP contribution is -2.37. The Bertz CT molecular complexity index is 942. The first-order valence-electron chi connectivity index (χ1n) is 10.1. The predicted octanol–water partition coefficient (Wildman–Crippen LogP) is 3.46. The molecule has 1 aliphatic rings. The number of aryl methyl sites for hydroxylation is 3. The van der Waals surface area contributed by atoms with Crippen molar-refractivity contribution >= 4 is 11.5 Å². The minimum absolute atomic E-state index is 0.853. The van der Waals surface area contributed by atoms with E-state index in [1.165, 1.54) is 5.56 Å². The van der Waals surface area contributed by atoms with Crippen LogP contribution in [0.5, 0.6) is 0 Å². The number of fused-ring (bicyclic) bond motifs is 1. The average Bonchev–Trinajstić information content (AvgIpc) is 3.02. The predicted molar refractivity (Wildman–Crippen MR) is 113 cm³/mol. The molecule has 4 rings (SSSR count). The molecule has 1 saturated heterocycles. The van der Waals surface area contributed by atoms with Crippen LogP contribution in [0.2, 0.25) is 0 Å². The molecule has 0 unspecified atom stereocenters. The van der Waals surface area contributed by atoms with Gasteiger partial charge in [-0.2, -0.15) is 9.61 Å². The fraction of sp³-hybridized carbons (Fsp3) is 0.455. The summed E-state index contributed by atoms with van der Waals surface area (Å²) in [6.07, 6.45) is 1.09. The number of morpholine rings is 1. The van der Waals surface area contributed by atoms with Crippen molar-refractivity contribution in [3.63, 3.8) is 0 Å². The van der Waals surface area contributed by atoms with Gasteiger partial charge in [0, 0.05) is 37.0 Å². The Balaban J connectivity index is 1.54. The Kier molecular flexibility index (Phi) is 5.59. The number of hydrogen-bond acceptors (Lipinski definition) is 5. The number of rotatable bonds is 6. The van der Waals surface area contributed by atoms with Crippen LogP contribution in [0.3, 0.4) is 0 Å². The van der Waals surface area contributed by atoms with Gasteiger partial charge in [0.1, 0.15) is 5.82 Å². The third-order valence-corrected chi connectivity index (χ3v) is 5.29. The van der Waals surface area contributed by atoms with Crippen LogP contribution in [0.25, 0.3) is 16.8 Å². The van der Waals surface area contributed by atoms with Crippen LogP contribution >= 0.6 is 0 Å². The number of nitrogens with one attached hydrogen (secondary N) is 1. The van der Waals surface area contributed by atoms with Gasteiger partial charge in [-0.05, 0) is 39.3 Å². The Morgan fingerprint density at radius 1 is 1.07 bits per heavy atom. The van der Waals surface area contributed by atoms with Crippen LogP contribution in [0, 0.1) is 20.8 Å². The Morgan fingerprint density at radius 3 is 2.57 bits per heavy atom. The van der Waals surface area contributed by atoms with Crippen molar-refractivity contribution in [1.29, 1.82) is 0 Å². The second kappa shape index (κ2) is 8.29. The van der Waals surface area contributed by atoms with Gasteiger partial charge in [-0.15, -0.1) is 0 Å². The van der Waals surface area contributed by atoms with Crippen molar-refractivity contribution in [3.05, 3.63) is 47.3 Å². The molecule has 1 aromatic carbocycles. The van der Waals surface area contributed by atoms with E-state index < -0.39 is 0 Å². The van der Waals surface area contributed by atoms with Crippen molar-refractivity contribution < 1.29 is 4.74 Å². The van der Waals surface area contributed by atoms with Crippen LogP contribution < -0.4 is 5.32 Å². The first-order valence-corrected chi connectivity index (χ1v) is 10.1. The Hall–Kier alpha value is -2.44. The largest absolute Gasteiger partial charge is 0.379 e. The summed E-state index contributed by atoms with van der Waals surface area (Å²) in [4.78, 5) is 7.26. The smallest absolute Gasteiger partial charge is 0.165 e. The third kappa shape index (κ3) is 4.03. The molecule has 28 heavy (non-hydrogen) atoms. The van der Waals surface area contributed by atoms with Gasteiger partial charge in [0.15, 0.2) is 5.65 Å². The third-order valence-electron chi connectivity index (χ3n) is 5.29. The molecule has 2 aromatic heterocycles. The number of nitrogens with zero attached hydrogens (tertiary/aromatic N) is 4. The highest BCUT2D eigenvalue weighted by molar-refractivity contribution is 5.81. The molecular weight excluding hydrogens is 350 g/mol. The van der Waals surface area contributed by atoms with Crippen LogP contribution in [0.4, 0.5) is 5.82 Å². The molecule has 6 heteroatoms. The van der Waals surface area contributed by atoms with E-state index >= 15 is 0 Å². The summed E-state index contributed by atoms with van der Waals surface area (Å²) in [5, 5.41) is 8.36. The van der Waals surface area contributed by atoms with Crippen LogP contribution in [0.15, 0.2) is 30.3 Å². The maximum absolute atomic E-state index is 5.42. The molecule has 148 valence electrons. The topological polar surface area (TPSA) is 54.7 Å². The summed E-state index contributed by atoms with van der Waals surface area (Å²) < 4.78 is 7.37. The molecular formula is C22H29N5O.